The number of carbonyl (C=O) groups is 1. The van der Waals surface area contributed by atoms with Gasteiger partial charge in [-0.1, -0.05) is 23.7 Å². The number of rotatable bonds is 4. The van der Waals surface area contributed by atoms with Crippen LogP contribution in [0.2, 0.25) is 5.02 Å². The first kappa shape index (κ1) is 20.8. The fourth-order valence-corrected chi connectivity index (χ4v) is 5.38. The standard InChI is InChI=1S/C26H24ClN3O2/c1-2-32-26(31)18-9-11-21-17(13-18)8-12-22-24(21)29-30(25(22)16-5-3-4-6-16)20-10-7-19(15-28)23(27)14-20/h5,7,9-11,13-14,22,25H,2-4,6,8,12H2,1H3/t22-,25-/m0/s1. The van der Waals surface area contributed by atoms with Crippen LogP contribution in [0.15, 0.2) is 53.1 Å². The summed E-state index contributed by atoms with van der Waals surface area (Å²) in [5.74, 6) is 0.00309. The summed E-state index contributed by atoms with van der Waals surface area (Å²) in [5, 5.41) is 16.9. The largest absolute Gasteiger partial charge is 0.462 e. The van der Waals surface area contributed by atoms with Gasteiger partial charge in [-0.3, -0.25) is 5.01 Å². The number of benzene rings is 2. The first-order chi connectivity index (χ1) is 15.6. The van der Waals surface area contributed by atoms with Crippen molar-refractivity contribution >= 4 is 29.0 Å². The van der Waals surface area contributed by atoms with Crippen molar-refractivity contribution in [3.05, 3.63) is 75.3 Å². The van der Waals surface area contributed by atoms with Gasteiger partial charge in [0.05, 0.1) is 40.2 Å². The minimum atomic E-state index is -0.284. The van der Waals surface area contributed by atoms with Crippen LogP contribution in [0, 0.1) is 17.2 Å². The summed E-state index contributed by atoms with van der Waals surface area (Å²) in [6, 6.07) is 13.6. The van der Waals surface area contributed by atoms with Crippen molar-refractivity contribution < 1.29 is 9.53 Å². The van der Waals surface area contributed by atoms with Crippen molar-refractivity contribution in [2.75, 3.05) is 11.6 Å². The van der Waals surface area contributed by atoms with Gasteiger partial charge in [0, 0.05) is 11.5 Å². The van der Waals surface area contributed by atoms with E-state index in [1.807, 2.05) is 37.3 Å². The molecule has 2 aromatic rings. The molecule has 5 rings (SSSR count). The Kier molecular flexibility index (Phi) is 5.48. The SMILES string of the molecule is CCOC(=O)c1ccc2c(c1)CC[C@H]1C2=NN(c2ccc(C#N)c(Cl)c2)[C@H]1C1=CCCC1. The fraction of sp³-hybridized carbons (Fsp3) is 0.346. The number of carbonyl (C=O) groups excluding carboxylic acids is 1. The van der Waals surface area contributed by atoms with E-state index in [2.05, 4.69) is 17.2 Å². The lowest BCUT2D eigenvalue weighted by Gasteiger charge is -2.31. The van der Waals surface area contributed by atoms with E-state index in [9.17, 15) is 10.1 Å². The first-order valence-corrected chi connectivity index (χ1v) is 11.5. The van der Waals surface area contributed by atoms with E-state index in [0.29, 0.717) is 22.8 Å². The zero-order valence-electron chi connectivity index (χ0n) is 18.0. The molecule has 0 amide bonds. The van der Waals surface area contributed by atoms with Crippen LogP contribution in [0.5, 0.6) is 0 Å². The molecule has 0 saturated carbocycles. The van der Waals surface area contributed by atoms with Crippen LogP contribution in [-0.4, -0.2) is 24.3 Å². The molecule has 6 heteroatoms. The zero-order chi connectivity index (χ0) is 22.2. The Balaban J connectivity index is 1.56. The molecule has 3 aliphatic rings. The Morgan fingerprint density at radius 3 is 2.88 bits per heavy atom. The van der Waals surface area contributed by atoms with Crippen LogP contribution in [0.4, 0.5) is 5.69 Å². The Labute approximate surface area is 192 Å². The summed E-state index contributed by atoms with van der Waals surface area (Å²) >= 11 is 6.37. The molecule has 2 atom stereocenters. The number of hydrogen-bond acceptors (Lipinski definition) is 5. The highest BCUT2D eigenvalue weighted by Gasteiger charge is 2.43. The highest BCUT2D eigenvalue weighted by molar-refractivity contribution is 6.32. The molecule has 0 bridgehead atoms. The van der Waals surface area contributed by atoms with Crippen molar-refractivity contribution in [1.29, 1.82) is 5.26 Å². The Morgan fingerprint density at radius 1 is 1.28 bits per heavy atom. The third-order valence-electron chi connectivity index (χ3n) is 6.62. The fourth-order valence-electron chi connectivity index (χ4n) is 5.16. The number of nitrogens with zero attached hydrogens (tertiary/aromatic N) is 3. The minimum absolute atomic E-state index is 0.161. The number of hydrogen-bond donors (Lipinski definition) is 0. The number of hydrazone groups is 1. The molecule has 0 radical (unpaired) electrons. The van der Waals surface area contributed by atoms with Crippen molar-refractivity contribution in [3.63, 3.8) is 0 Å². The van der Waals surface area contributed by atoms with Crippen LogP contribution in [0.3, 0.4) is 0 Å². The summed E-state index contributed by atoms with van der Waals surface area (Å²) in [5.41, 5.74) is 6.71. The molecule has 0 fully saturated rings. The van der Waals surface area contributed by atoms with Crippen LogP contribution in [0.25, 0.3) is 0 Å². The number of anilines is 1. The van der Waals surface area contributed by atoms with Gasteiger partial charge in [-0.25, -0.2) is 4.79 Å². The highest BCUT2D eigenvalue weighted by atomic mass is 35.5. The molecule has 0 saturated heterocycles. The molecule has 2 aromatic carbocycles. The van der Waals surface area contributed by atoms with Crippen molar-refractivity contribution in [3.8, 4) is 6.07 Å². The van der Waals surface area contributed by atoms with E-state index in [1.54, 1.807) is 6.07 Å². The van der Waals surface area contributed by atoms with Crippen molar-refractivity contribution in [2.45, 2.75) is 45.1 Å². The van der Waals surface area contributed by atoms with E-state index in [0.717, 1.165) is 48.2 Å². The van der Waals surface area contributed by atoms with Gasteiger partial charge in [-0.2, -0.15) is 10.4 Å². The number of nitriles is 1. The third kappa shape index (κ3) is 3.49. The normalized spacial score (nSPS) is 21.3. The number of halogens is 1. The molecule has 2 aliphatic carbocycles. The monoisotopic (exact) mass is 445 g/mol. The maximum Gasteiger partial charge on any atom is 0.338 e. The lowest BCUT2D eigenvalue weighted by molar-refractivity contribution is 0.0526. The van der Waals surface area contributed by atoms with Crippen LogP contribution in [0.1, 0.15) is 59.7 Å². The molecule has 0 spiro atoms. The molecule has 5 nitrogen and oxygen atoms in total. The predicted octanol–water partition coefficient (Wildman–Crippen LogP) is 5.65. The van der Waals surface area contributed by atoms with Crippen molar-refractivity contribution in [2.24, 2.45) is 11.0 Å². The summed E-state index contributed by atoms with van der Waals surface area (Å²) in [6.45, 7) is 2.18. The van der Waals surface area contributed by atoms with Gasteiger partial charge in [0.2, 0.25) is 0 Å². The predicted molar refractivity (Wildman–Crippen MR) is 125 cm³/mol. The van der Waals surface area contributed by atoms with Gasteiger partial charge in [0.25, 0.3) is 0 Å². The van der Waals surface area contributed by atoms with Crippen LogP contribution >= 0.6 is 11.6 Å². The van der Waals surface area contributed by atoms with Crippen molar-refractivity contribution in [1.82, 2.24) is 0 Å². The van der Waals surface area contributed by atoms with Gasteiger partial charge >= 0.3 is 5.97 Å². The molecule has 0 unspecified atom stereocenters. The smallest absolute Gasteiger partial charge is 0.338 e. The summed E-state index contributed by atoms with van der Waals surface area (Å²) in [7, 11) is 0. The Morgan fingerprint density at radius 2 is 2.16 bits per heavy atom. The first-order valence-electron chi connectivity index (χ1n) is 11.2. The van der Waals surface area contributed by atoms with Gasteiger partial charge in [-0.05, 0) is 80.5 Å². The lowest BCUT2D eigenvalue weighted by atomic mass is 9.76. The number of allylic oxidation sites excluding steroid dienone is 1. The second-order valence-corrected chi connectivity index (χ2v) is 8.87. The average Bonchev–Trinajstić information content (AvgIpc) is 3.46. The molecule has 0 N–H and O–H groups in total. The minimum Gasteiger partial charge on any atom is -0.462 e. The number of aryl methyl sites for hydroxylation is 1. The van der Waals surface area contributed by atoms with Gasteiger partial charge in [0.1, 0.15) is 6.07 Å². The maximum atomic E-state index is 12.2. The van der Waals surface area contributed by atoms with E-state index in [-0.39, 0.29) is 17.9 Å². The average molecular weight is 446 g/mol. The van der Waals surface area contributed by atoms with Gasteiger partial charge < -0.3 is 4.74 Å². The molecule has 1 aliphatic heterocycles. The zero-order valence-corrected chi connectivity index (χ0v) is 18.7. The lowest BCUT2D eigenvalue weighted by Crippen LogP contribution is -2.37. The number of fused-ring (bicyclic) bond motifs is 3. The molecule has 1 heterocycles. The second-order valence-electron chi connectivity index (χ2n) is 8.46. The van der Waals surface area contributed by atoms with Crippen LogP contribution in [-0.2, 0) is 11.2 Å². The third-order valence-corrected chi connectivity index (χ3v) is 6.93. The quantitative estimate of drug-likeness (QED) is 0.450. The number of esters is 1. The molecular weight excluding hydrogens is 422 g/mol. The molecule has 162 valence electrons. The highest BCUT2D eigenvalue weighted by Crippen LogP contribution is 2.43. The molecule has 0 aromatic heterocycles. The van der Waals surface area contributed by atoms with Crippen LogP contribution < -0.4 is 5.01 Å². The van der Waals surface area contributed by atoms with E-state index in [1.165, 1.54) is 12.0 Å². The second kappa shape index (κ2) is 8.44. The topological polar surface area (TPSA) is 65.7 Å². The summed E-state index contributed by atoms with van der Waals surface area (Å²) in [4.78, 5) is 12.2. The maximum absolute atomic E-state index is 12.2. The van der Waals surface area contributed by atoms with E-state index in [4.69, 9.17) is 21.4 Å². The van der Waals surface area contributed by atoms with Gasteiger partial charge in [0.15, 0.2) is 0 Å². The van der Waals surface area contributed by atoms with E-state index < -0.39 is 0 Å². The van der Waals surface area contributed by atoms with Gasteiger partial charge in [-0.15, -0.1) is 0 Å². The number of ether oxygens (including phenoxy) is 1. The Hall–Kier alpha value is -3.10. The summed E-state index contributed by atoms with van der Waals surface area (Å²) in [6.07, 6.45) is 7.60. The summed E-state index contributed by atoms with van der Waals surface area (Å²) < 4.78 is 5.17. The van der Waals surface area contributed by atoms with E-state index >= 15 is 0 Å². The molecular formula is C26H24ClN3O2. The Bertz CT molecular complexity index is 1190. The molecule has 32 heavy (non-hydrogen) atoms.